The first kappa shape index (κ1) is 18.1. The Morgan fingerprint density at radius 1 is 0.920 bits per heavy atom. The zero-order valence-electron chi connectivity index (χ0n) is 14.9. The summed E-state index contributed by atoms with van der Waals surface area (Å²) in [4.78, 5) is 2.56. The van der Waals surface area contributed by atoms with Gasteiger partial charge in [-0.1, -0.05) is 60.7 Å². The Labute approximate surface area is 151 Å². The predicted molar refractivity (Wildman–Crippen MR) is 103 cm³/mol. The zero-order chi connectivity index (χ0) is 17.3. The minimum absolute atomic E-state index is 0.268. The van der Waals surface area contributed by atoms with Crippen molar-refractivity contribution in [1.82, 2.24) is 10.2 Å². The van der Waals surface area contributed by atoms with E-state index in [0.717, 1.165) is 38.9 Å². The molecule has 1 heterocycles. The summed E-state index contributed by atoms with van der Waals surface area (Å²) in [6.45, 7) is 3.57. The molecule has 2 aromatic carbocycles. The smallest absolute Gasteiger partial charge is 0.102 e. The lowest BCUT2D eigenvalue weighted by atomic mass is 9.88. The summed E-state index contributed by atoms with van der Waals surface area (Å²) in [6.07, 6.45) is 3.39. The van der Waals surface area contributed by atoms with E-state index in [1.807, 2.05) is 0 Å². The first-order valence-corrected chi connectivity index (χ1v) is 9.48. The van der Waals surface area contributed by atoms with E-state index in [1.54, 1.807) is 0 Å². The van der Waals surface area contributed by atoms with Gasteiger partial charge in [-0.2, -0.15) is 0 Å². The molecule has 1 aliphatic heterocycles. The zero-order valence-corrected chi connectivity index (χ0v) is 14.9. The molecular formula is C22H29FN2. The second-order valence-electron chi connectivity index (χ2n) is 6.92. The van der Waals surface area contributed by atoms with Crippen LogP contribution in [0, 0.1) is 0 Å². The van der Waals surface area contributed by atoms with E-state index in [0.29, 0.717) is 18.5 Å². The molecule has 0 saturated carbocycles. The molecule has 3 rings (SSSR count). The average Bonchev–Trinajstić information content (AvgIpc) is 2.69. The van der Waals surface area contributed by atoms with Gasteiger partial charge in [0.25, 0.3) is 0 Å². The standard InChI is InChI=1S/C22H29FN2/c23-14-15-24-21-11-16-25(17-12-21)18-13-22(19-7-3-1-4-8-19)20-9-5-2-6-10-20/h1-10,21-22,24H,11-18H2. The van der Waals surface area contributed by atoms with E-state index in [-0.39, 0.29) is 6.67 Å². The topological polar surface area (TPSA) is 15.3 Å². The van der Waals surface area contributed by atoms with E-state index < -0.39 is 0 Å². The summed E-state index contributed by atoms with van der Waals surface area (Å²) in [5.74, 6) is 0.449. The summed E-state index contributed by atoms with van der Waals surface area (Å²) < 4.78 is 12.3. The van der Waals surface area contributed by atoms with Crippen molar-refractivity contribution in [1.29, 1.82) is 0 Å². The van der Waals surface area contributed by atoms with Crippen LogP contribution in [0.3, 0.4) is 0 Å². The van der Waals surface area contributed by atoms with Crippen LogP contribution in [0.2, 0.25) is 0 Å². The highest BCUT2D eigenvalue weighted by molar-refractivity contribution is 5.32. The monoisotopic (exact) mass is 340 g/mol. The molecule has 2 aromatic rings. The molecule has 2 nitrogen and oxygen atoms in total. The molecule has 0 bridgehead atoms. The second-order valence-corrected chi connectivity index (χ2v) is 6.92. The minimum atomic E-state index is -0.268. The lowest BCUT2D eigenvalue weighted by Gasteiger charge is -2.33. The van der Waals surface area contributed by atoms with Crippen molar-refractivity contribution < 1.29 is 4.39 Å². The number of alkyl halides is 1. The largest absolute Gasteiger partial charge is 0.311 e. The molecule has 0 unspecified atom stereocenters. The molecular weight excluding hydrogens is 311 g/mol. The third-order valence-electron chi connectivity index (χ3n) is 5.25. The number of hydrogen-bond acceptors (Lipinski definition) is 2. The number of nitrogens with one attached hydrogen (secondary N) is 1. The van der Waals surface area contributed by atoms with Crippen LogP contribution < -0.4 is 5.32 Å². The van der Waals surface area contributed by atoms with Crippen LogP contribution in [0.1, 0.15) is 36.3 Å². The fraction of sp³-hybridized carbons (Fsp3) is 0.455. The van der Waals surface area contributed by atoms with Crippen molar-refractivity contribution >= 4 is 0 Å². The molecule has 0 spiro atoms. The van der Waals surface area contributed by atoms with Crippen LogP contribution in [0.25, 0.3) is 0 Å². The van der Waals surface area contributed by atoms with Gasteiger partial charge in [0, 0.05) is 18.5 Å². The Morgan fingerprint density at radius 2 is 1.48 bits per heavy atom. The SMILES string of the molecule is FCCNC1CCN(CCC(c2ccccc2)c2ccccc2)CC1. The average molecular weight is 340 g/mol. The maximum absolute atomic E-state index is 12.3. The molecule has 0 amide bonds. The Bertz CT molecular complexity index is 554. The van der Waals surface area contributed by atoms with Crippen LogP contribution >= 0.6 is 0 Å². The number of rotatable bonds is 8. The van der Waals surface area contributed by atoms with Crippen LogP contribution in [-0.4, -0.2) is 43.8 Å². The Kier molecular flexibility index (Phi) is 7.01. The maximum Gasteiger partial charge on any atom is 0.102 e. The highest BCUT2D eigenvalue weighted by Crippen LogP contribution is 2.28. The molecule has 0 atom stereocenters. The van der Waals surface area contributed by atoms with Gasteiger partial charge in [-0.15, -0.1) is 0 Å². The van der Waals surface area contributed by atoms with Gasteiger partial charge in [0.15, 0.2) is 0 Å². The van der Waals surface area contributed by atoms with Gasteiger partial charge >= 0.3 is 0 Å². The molecule has 0 aromatic heterocycles. The van der Waals surface area contributed by atoms with E-state index in [2.05, 4.69) is 70.9 Å². The van der Waals surface area contributed by atoms with Crippen molar-refractivity contribution in [3.8, 4) is 0 Å². The third-order valence-corrected chi connectivity index (χ3v) is 5.25. The number of hydrogen-bond donors (Lipinski definition) is 1. The fourth-order valence-electron chi connectivity index (χ4n) is 3.83. The quantitative estimate of drug-likeness (QED) is 0.773. The van der Waals surface area contributed by atoms with Crippen molar-refractivity contribution in [3.63, 3.8) is 0 Å². The molecule has 0 aliphatic carbocycles. The number of piperidine rings is 1. The van der Waals surface area contributed by atoms with Crippen molar-refractivity contribution in [2.75, 3.05) is 32.9 Å². The number of nitrogens with zero attached hydrogens (tertiary/aromatic N) is 1. The fourth-order valence-corrected chi connectivity index (χ4v) is 3.83. The molecule has 1 aliphatic rings. The van der Waals surface area contributed by atoms with E-state index in [9.17, 15) is 4.39 Å². The molecule has 3 heteroatoms. The summed E-state index contributed by atoms with van der Waals surface area (Å²) in [5, 5.41) is 3.31. The van der Waals surface area contributed by atoms with Crippen molar-refractivity contribution in [2.24, 2.45) is 0 Å². The van der Waals surface area contributed by atoms with Gasteiger partial charge in [0.05, 0.1) is 0 Å². The highest BCUT2D eigenvalue weighted by atomic mass is 19.1. The first-order valence-electron chi connectivity index (χ1n) is 9.48. The third kappa shape index (κ3) is 5.38. The summed E-state index contributed by atoms with van der Waals surface area (Å²) in [6, 6.07) is 22.2. The first-order chi connectivity index (χ1) is 12.4. The molecule has 1 saturated heterocycles. The summed E-state index contributed by atoms with van der Waals surface area (Å²) in [7, 11) is 0. The molecule has 1 fully saturated rings. The molecule has 0 radical (unpaired) electrons. The summed E-state index contributed by atoms with van der Waals surface area (Å²) >= 11 is 0. The van der Waals surface area contributed by atoms with Gasteiger partial charge in [-0.3, -0.25) is 0 Å². The predicted octanol–water partition coefficient (Wildman–Crippen LogP) is 4.23. The number of halogens is 1. The van der Waals surface area contributed by atoms with Gasteiger partial charge in [-0.25, -0.2) is 4.39 Å². The van der Waals surface area contributed by atoms with Crippen molar-refractivity contribution in [3.05, 3.63) is 71.8 Å². The van der Waals surface area contributed by atoms with E-state index in [4.69, 9.17) is 0 Å². The Balaban J connectivity index is 1.57. The van der Waals surface area contributed by atoms with Crippen LogP contribution in [0.15, 0.2) is 60.7 Å². The normalized spacial score (nSPS) is 16.4. The van der Waals surface area contributed by atoms with Crippen LogP contribution in [-0.2, 0) is 0 Å². The van der Waals surface area contributed by atoms with E-state index >= 15 is 0 Å². The van der Waals surface area contributed by atoms with Crippen LogP contribution in [0.5, 0.6) is 0 Å². The lowest BCUT2D eigenvalue weighted by molar-refractivity contribution is 0.192. The van der Waals surface area contributed by atoms with Gasteiger partial charge in [0.2, 0.25) is 0 Å². The highest BCUT2D eigenvalue weighted by Gasteiger charge is 2.20. The van der Waals surface area contributed by atoms with Gasteiger partial charge in [-0.05, 0) is 50.0 Å². The van der Waals surface area contributed by atoms with E-state index in [1.165, 1.54) is 11.1 Å². The Hall–Kier alpha value is -1.71. The molecule has 1 N–H and O–H groups in total. The number of benzene rings is 2. The lowest BCUT2D eigenvalue weighted by Crippen LogP contribution is -2.43. The minimum Gasteiger partial charge on any atom is -0.311 e. The summed E-state index contributed by atoms with van der Waals surface area (Å²) in [5.41, 5.74) is 2.79. The Morgan fingerprint density at radius 3 is 2.00 bits per heavy atom. The molecule has 25 heavy (non-hydrogen) atoms. The van der Waals surface area contributed by atoms with Crippen molar-refractivity contribution in [2.45, 2.75) is 31.2 Å². The second kappa shape index (κ2) is 9.69. The van der Waals surface area contributed by atoms with Crippen LogP contribution in [0.4, 0.5) is 4.39 Å². The van der Waals surface area contributed by atoms with Gasteiger partial charge < -0.3 is 10.2 Å². The van der Waals surface area contributed by atoms with Gasteiger partial charge in [0.1, 0.15) is 6.67 Å². The number of likely N-dealkylation sites (tertiary alicyclic amines) is 1. The maximum atomic E-state index is 12.3. The molecule has 134 valence electrons.